The van der Waals surface area contributed by atoms with Gasteiger partial charge in [-0.1, -0.05) is 12.1 Å². The average molecular weight is 280 g/mol. The fraction of sp³-hybridized carbons (Fsp3) is 0.0769. The Kier molecular flexibility index (Phi) is 3.79. The van der Waals surface area contributed by atoms with Crippen LogP contribution in [0, 0.1) is 21.7 Å². The number of hydrogen-bond donors (Lipinski definition) is 2. The lowest BCUT2D eigenvalue weighted by Crippen LogP contribution is -2.05. The van der Waals surface area contributed by atoms with E-state index in [0.717, 1.165) is 0 Å². The highest BCUT2D eigenvalue weighted by atomic mass is 19.1. The Hall–Kier alpha value is -2.70. The maximum atomic E-state index is 13.6. The lowest BCUT2D eigenvalue weighted by Gasteiger charge is -2.08. The molecule has 0 radical (unpaired) electrons. The number of phenols is 1. The Morgan fingerprint density at radius 2 is 1.85 bits per heavy atom. The van der Waals surface area contributed by atoms with Crippen LogP contribution in [0.4, 0.5) is 20.2 Å². The standard InChI is InChI=1S/C13H10F2N2O3/c14-9-5-11(15)13(12(6-9)17(19)20)16-7-8-1-3-10(18)4-2-8/h1-6,16,18H,7H2. The summed E-state index contributed by atoms with van der Waals surface area (Å²) in [5, 5.41) is 22.5. The second-order valence-corrected chi connectivity index (χ2v) is 4.06. The van der Waals surface area contributed by atoms with Gasteiger partial charge in [-0.3, -0.25) is 10.1 Å². The maximum Gasteiger partial charge on any atom is 0.298 e. The van der Waals surface area contributed by atoms with Gasteiger partial charge in [0.25, 0.3) is 5.69 Å². The van der Waals surface area contributed by atoms with Crippen molar-refractivity contribution in [2.75, 3.05) is 5.32 Å². The van der Waals surface area contributed by atoms with Crippen LogP contribution in [0.15, 0.2) is 36.4 Å². The fourth-order valence-electron chi connectivity index (χ4n) is 1.68. The molecule has 0 aromatic heterocycles. The number of hydrogen-bond acceptors (Lipinski definition) is 4. The molecule has 0 saturated heterocycles. The molecule has 0 saturated carbocycles. The Morgan fingerprint density at radius 3 is 2.45 bits per heavy atom. The van der Waals surface area contributed by atoms with Gasteiger partial charge in [0, 0.05) is 12.6 Å². The van der Waals surface area contributed by atoms with Crippen molar-refractivity contribution >= 4 is 11.4 Å². The Labute approximate surface area is 112 Å². The van der Waals surface area contributed by atoms with E-state index in [1.165, 1.54) is 12.1 Å². The number of nitro groups is 1. The van der Waals surface area contributed by atoms with Crippen LogP contribution in [0.1, 0.15) is 5.56 Å². The van der Waals surface area contributed by atoms with Gasteiger partial charge in [0.15, 0.2) is 5.82 Å². The summed E-state index contributed by atoms with van der Waals surface area (Å²) in [7, 11) is 0. The predicted octanol–water partition coefficient (Wildman–Crippen LogP) is 3.19. The van der Waals surface area contributed by atoms with Crippen molar-refractivity contribution in [2.24, 2.45) is 0 Å². The summed E-state index contributed by atoms with van der Waals surface area (Å²) in [4.78, 5) is 9.93. The summed E-state index contributed by atoms with van der Waals surface area (Å²) in [5.41, 5.74) is -0.355. The van der Waals surface area contributed by atoms with Gasteiger partial charge in [-0.15, -0.1) is 0 Å². The van der Waals surface area contributed by atoms with E-state index in [0.29, 0.717) is 17.7 Å². The minimum Gasteiger partial charge on any atom is -0.508 e. The number of rotatable bonds is 4. The normalized spacial score (nSPS) is 10.3. The number of nitro benzene ring substituents is 1. The molecule has 0 atom stereocenters. The average Bonchev–Trinajstić information content (AvgIpc) is 2.38. The minimum absolute atomic E-state index is 0.0766. The summed E-state index contributed by atoms with van der Waals surface area (Å²) >= 11 is 0. The van der Waals surface area contributed by atoms with Crippen LogP contribution < -0.4 is 5.32 Å². The summed E-state index contributed by atoms with van der Waals surface area (Å²) < 4.78 is 26.6. The van der Waals surface area contributed by atoms with E-state index in [-0.39, 0.29) is 18.0 Å². The molecule has 2 aromatic rings. The summed E-state index contributed by atoms with van der Waals surface area (Å²) in [5.74, 6) is -1.97. The van der Waals surface area contributed by atoms with E-state index >= 15 is 0 Å². The lowest BCUT2D eigenvalue weighted by molar-refractivity contribution is -0.384. The van der Waals surface area contributed by atoms with Crippen LogP contribution >= 0.6 is 0 Å². The highest BCUT2D eigenvalue weighted by Crippen LogP contribution is 2.29. The zero-order valence-corrected chi connectivity index (χ0v) is 10.1. The van der Waals surface area contributed by atoms with Gasteiger partial charge in [-0.25, -0.2) is 8.78 Å². The van der Waals surface area contributed by atoms with Gasteiger partial charge in [0.1, 0.15) is 17.3 Å². The van der Waals surface area contributed by atoms with Crippen molar-refractivity contribution in [3.05, 3.63) is 63.7 Å². The molecule has 0 bridgehead atoms. The molecule has 0 heterocycles. The molecule has 5 nitrogen and oxygen atoms in total. The molecule has 104 valence electrons. The van der Waals surface area contributed by atoms with Crippen LogP contribution in [-0.2, 0) is 6.54 Å². The van der Waals surface area contributed by atoms with E-state index in [1.807, 2.05) is 0 Å². The molecule has 0 fully saturated rings. The molecule has 2 rings (SSSR count). The van der Waals surface area contributed by atoms with Crippen molar-refractivity contribution in [3.63, 3.8) is 0 Å². The van der Waals surface area contributed by atoms with Crippen LogP contribution in [0.3, 0.4) is 0 Å². The summed E-state index contributed by atoms with van der Waals surface area (Å²) in [6.07, 6.45) is 0. The van der Waals surface area contributed by atoms with E-state index in [1.54, 1.807) is 12.1 Å². The first-order valence-electron chi connectivity index (χ1n) is 5.62. The zero-order chi connectivity index (χ0) is 14.7. The second kappa shape index (κ2) is 5.52. The van der Waals surface area contributed by atoms with Crippen molar-refractivity contribution < 1.29 is 18.8 Å². The monoisotopic (exact) mass is 280 g/mol. The summed E-state index contributed by atoms with van der Waals surface area (Å²) in [6.45, 7) is 0.101. The molecule has 20 heavy (non-hydrogen) atoms. The van der Waals surface area contributed by atoms with Crippen LogP contribution in [-0.4, -0.2) is 10.0 Å². The largest absolute Gasteiger partial charge is 0.508 e. The van der Waals surface area contributed by atoms with Crippen LogP contribution in [0.25, 0.3) is 0 Å². The predicted molar refractivity (Wildman–Crippen MR) is 68.4 cm³/mol. The SMILES string of the molecule is O=[N+]([O-])c1cc(F)cc(F)c1NCc1ccc(O)cc1. The van der Waals surface area contributed by atoms with Gasteiger partial charge in [0.05, 0.1) is 11.0 Å². The van der Waals surface area contributed by atoms with E-state index < -0.39 is 22.2 Å². The van der Waals surface area contributed by atoms with Gasteiger partial charge in [-0.05, 0) is 17.7 Å². The number of aromatic hydroxyl groups is 1. The molecule has 0 aliphatic rings. The van der Waals surface area contributed by atoms with E-state index in [2.05, 4.69) is 5.32 Å². The molecule has 0 aliphatic carbocycles. The number of nitrogens with one attached hydrogen (secondary N) is 1. The van der Waals surface area contributed by atoms with Gasteiger partial charge < -0.3 is 10.4 Å². The molecule has 7 heteroatoms. The highest BCUT2D eigenvalue weighted by Gasteiger charge is 2.20. The van der Waals surface area contributed by atoms with Crippen molar-refractivity contribution in [1.82, 2.24) is 0 Å². The van der Waals surface area contributed by atoms with Crippen LogP contribution in [0.5, 0.6) is 5.75 Å². The zero-order valence-electron chi connectivity index (χ0n) is 10.1. The van der Waals surface area contributed by atoms with Crippen LogP contribution in [0.2, 0.25) is 0 Å². The Morgan fingerprint density at radius 1 is 1.20 bits per heavy atom. The fourth-order valence-corrected chi connectivity index (χ4v) is 1.68. The van der Waals surface area contributed by atoms with Crippen molar-refractivity contribution in [3.8, 4) is 5.75 Å². The second-order valence-electron chi connectivity index (χ2n) is 4.06. The molecule has 0 aliphatic heterocycles. The van der Waals surface area contributed by atoms with Gasteiger partial charge in [0.2, 0.25) is 0 Å². The first-order valence-corrected chi connectivity index (χ1v) is 5.62. The van der Waals surface area contributed by atoms with E-state index in [9.17, 15) is 18.9 Å². The number of anilines is 1. The third kappa shape index (κ3) is 3.00. The number of halogens is 2. The molecule has 0 spiro atoms. The molecule has 2 aromatic carbocycles. The number of benzene rings is 2. The molecule has 2 N–H and O–H groups in total. The molecule has 0 amide bonds. The highest BCUT2D eigenvalue weighted by molar-refractivity contribution is 5.62. The van der Waals surface area contributed by atoms with Crippen molar-refractivity contribution in [1.29, 1.82) is 0 Å². The number of phenolic OH excluding ortho intramolecular Hbond substituents is 1. The van der Waals surface area contributed by atoms with Gasteiger partial charge >= 0.3 is 0 Å². The summed E-state index contributed by atoms with van der Waals surface area (Å²) in [6, 6.07) is 7.26. The third-order valence-electron chi connectivity index (χ3n) is 2.64. The first kappa shape index (κ1) is 13.7. The first-order chi connectivity index (χ1) is 9.47. The molecular formula is C13H10F2N2O3. The maximum absolute atomic E-state index is 13.6. The van der Waals surface area contributed by atoms with Crippen molar-refractivity contribution in [2.45, 2.75) is 6.54 Å². The smallest absolute Gasteiger partial charge is 0.298 e. The topological polar surface area (TPSA) is 75.4 Å². The molecular weight excluding hydrogens is 270 g/mol. The van der Waals surface area contributed by atoms with Gasteiger partial charge in [-0.2, -0.15) is 0 Å². The lowest BCUT2D eigenvalue weighted by atomic mass is 10.2. The van der Waals surface area contributed by atoms with E-state index in [4.69, 9.17) is 5.11 Å². The Balaban J connectivity index is 2.24. The third-order valence-corrected chi connectivity index (χ3v) is 2.64. The number of nitrogens with zero attached hydrogens (tertiary/aromatic N) is 1. The quantitative estimate of drug-likeness (QED) is 0.666. The minimum atomic E-state index is -1.03. The Bertz CT molecular complexity index is 645. The molecule has 0 unspecified atom stereocenters.